The molecule has 0 aromatic carbocycles. The topological polar surface area (TPSA) is 66.1 Å². The Bertz CT molecular complexity index is 785. The molecule has 1 atom stereocenters. The molecule has 0 saturated heterocycles. The van der Waals surface area contributed by atoms with Crippen molar-refractivity contribution < 1.29 is 4.79 Å². The molecule has 2 aromatic heterocycles. The highest BCUT2D eigenvalue weighted by atomic mass is 35.5. The Morgan fingerprint density at radius 2 is 2.24 bits per heavy atom. The molecule has 0 aliphatic heterocycles. The first kappa shape index (κ1) is 14.8. The maximum Gasteiger partial charge on any atom is 0.268 e. The summed E-state index contributed by atoms with van der Waals surface area (Å²) in [7, 11) is 1.65. The summed E-state index contributed by atoms with van der Waals surface area (Å²) in [6.45, 7) is 1.95. The lowest BCUT2D eigenvalue weighted by Crippen LogP contribution is -2.35. The molecule has 1 aliphatic rings. The van der Waals surface area contributed by atoms with Gasteiger partial charge in [-0.1, -0.05) is 0 Å². The minimum atomic E-state index is -1.00. The molecule has 0 spiro atoms. The predicted octanol–water partition coefficient (Wildman–Crippen LogP) is 2.53. The normalized spacial score (nSPS) is 23.2. The van der Waals surface area contributed by atoms with E-state index in [2.05, 4.69) is 9.97 Å². The van der Waals surface area contributed by atoms with Crippen LogP contribution in [0.15, 0.2) is 16.2 Å². The Balaban J connectivity index is 1.82. The fourth-order valence-corrected chi connectivity index (χ4v) is 3.77. The van der Waals surface area contributed by atoms with Crippen LogP contribution < -0.4 is 5.56 Å². The van der Waals surface area contributed by atoms with E-state index in [9.17, 15) is 9.59 Å². The molecule has 112 valence electrons. The number of aromatic nitrogens is 2. The van der Waals surface area contributed by atoms with Crippen molar-refractivity contribution in [2.75, 3.05) is 7.05 Å². The highest BCUT2D eigenvalue weighted by molar-refractivity contribution is 7.17. The number of amides is 1. The number of aromatic amines is 1. The third kappa shape index (κ3) is 2.35. The molecular formula is C13H13Cl2N3O2S. The van der Waals surface area contributed by atoms with Crippen LogP contribution in [0, 0.1) is 5.41 Å². The number of hydrogen-bond acceptors (Lipinski definition) is 4. The number of nitrogens with one attached hydrogen (secondary N) is 1. The minimum Gasteiger partial charge on any atom is -0.338 e. The third-order valence-corrected chi connectivity index (χ3v) is 5.83. The van der Waals surface area contributed by atoms with Crippen molar-refractivity contribution in [3.63, 3.8) is 0 Å². The second-order valence-electron chi connectivity index (χ2n) is 5.52. The summed E-state index contributed by atoms with van der Waals surface area (Å²) < 4.78 is -0.418. The first-order valence-electron chi connectivity index (χ1n) is 6.34. The van der Waals surface area contributed by atoms with E-state index in [1.165, 1.54) is 16.2 Å². The Morgan fingerprint density at radius 3 is 2.86 bits per heavy atom. The van der Waals surface area contributed by atoms with Crippen LogP contribution in [-0.4, -0.2) is 32.2 Å². The van der Waals surface area contributed by atoms with Crippen molar-refractivity contribution in [3.8, 4) is 0 Å². The number of rotatable bonds is 3. The summed E-state index contributed by atoms with van der Waals surface area (Å²) in [5.74, 6) is 0.293. The average Bonchev–Trinajstić information content (AvgIpc) is 2.78. The summed E-state index contributed by atoms with van der Waals surface area (Å²) in [6, 6.07) is 1.78. The minimum absolute atomic E-state index is 0.152. The maximum absolute atomic E-state index is 12.4. The number of alkyl halides is 2. The van der Waals surface area contributed by atoms with Crippen molar-refractivity contribution in [2.24, 2.45) is 5.41 Å². The van der Waals surface area contributed by atoms with Crippen LogP contribution >= 0.6 is 34.5 Å². The molecule has 1 saturated carbocycles. The highest BCUT2D eigenvalue weighted by Gasteiger charge is 2.68. The van der Waals surface area contributed by atoms with Gasteiger partial charge in [0, 0.05) is 7.05 Å². The molecule has 5 nitrogen and oxygen atoms in total. The van der Waals surface area contributed by atoms with E-state index in [1.807, 2.05) is 5.38 Å². The Labute approximate surface area is 134 Å². The van der Waals surface area contributed by atoms with Crippen molar-refractivity contribution >= 4 is 50.7 Å². The zero-order chi connectivity index (χ0) is 15.4. The van der Waals surface area contributed by atoms with Gasteiger partial charge >= 0.3 is 0 Å². The van der Waals surface area contributed by atoms with Gasteiger partial charge in [-0.15, -0.1) is 34.5 Å². The van der Waals surface area contributed by atoms with Crippen LogP contribution in [0.4, 0.5) is 0 Å². The molecule has 3 rings (SSSR count). The summed E-state index contributed by atoms with van der Waals surface area (Å²) in [6.07, 6.45) is 0.430. The molecule has 2 aromatic rings. The van der Waals surface area contributed by atoms with Crippen LogP contribution in [-0.2, 0) is 11.3 Å². The van der Waals surface area contributed by atoms with Crippen LogP contribution in [0.1, 0.15) is 19.2 Å². The molecule has 0 unspecified atom stereocenters. The summed E-state index contributed by atoms with van der Waals surface area (Å²) >= 11 is 13.4. The average molecular weight is 346 g/mol. The van der Waals surface area contributed by atoms with Crippen LogP contribution in [0.5, 0.6) is 0 Å². The van der Waals surface area contributed by atoms with Gasteiger partial charge in [-0.25, -0.2) is 4.98 Å². The van der Waals surface area contributed by atoms with Crippen LogP contribution in [0.25, 0.3) is 10.2 Å². The molecular weight excluding hydrogens is 333 g/mol. The van der Waals surface area contributed by atoms with E-state index >= 15 is 0 Å². The lowest BCUT2D eigenvalue weighted by atomic mass is 10.1. The molecule has 1 N–H and O–H groups in total. The zero-order valence-electron chi connectivity index (χ0n) is 11.4. The molecule has 1 aliphatic carbocycles. The smallest absolute Gasteiger partial charge is 0.268 e. The molecule has 1 fully saturated rings. The largest absolute Gasteiger partial charge is 0.338 e. The van der Waals surface area contributed by atoms with Gasteiger partial charge in [0.1, 0.15) is 14.9 Å². The van der Waals surface area contributed by atoms with Gasteiger partial charge in [-0.2, -0.15) is 0 Å². The van der Waals surface area contributed by atoms with E-state index in [0.29, 0.717) is 22.5 Å². The monoisotopic (exact) mass is 345 g/mol. The summed E-state index contributed by atoms with van der Waals surface area (Å²) in [5, 5.41) is 1.81. The van der Waals surface area contributed by atoms with Crippen molar-refractivity contribution in [1.29, 1.82) is 0 Å². The molecule has 0 bridgehead atoms. The zero-order valence-corrected chi connectivity index (χ0v) is 13.8. The van der Waals surface area contributed by atoms with Crippen LogP contribution in [0.3, 0.4) is 0 Å². The number of thiophene rings is 1. The van der Waals surface area contributed by atoms with E-state index in [0.717, 1.165) is 0 Å². The van der Waals surface area contributed by atoms with E-state index in [-0.39, 0.29) is 18.0 Å². The quantitative estimate of drug-likeness (QED) is 0.869. The Kier molecular flexibility index (Phi) is 3.31. The second-order valence-corrected chi connectivity index (χ2v) is 7.92. The fourth-order valence-electron chi connectivity index (χ4n) is 2.35. The number of fused-ring (bicyclic) bond motifs is 1. The van der Waals surface area contributed by atoms with E-state index in [4.69, 9.17) is 23.2 Å². The second kappa shape index (κ2) is 4.69. The molecule has 1 amide bonds. The van der Waals surface area contributed by atoms with Crippen LogP contribution in [0.2, 0.25) is 0 Å². The van der Waals surface area contributed by atoms with Gasteiger partial charge in [-0.05, 0) is 24.8 Å². The summed E-state index contributed by atoms with van der Waals surface area (Å²) in [5.41, 5.74) is -0.314. The number of hydrogen-bond donors (Lipinski definition) is 1. The van der Waals surface area contributed by atoms with Gasteiger partial charge in [0.2, 0.25) is 5.91 Å². The first-order chi connectivity index (χ1) is 9.74. The van der Waals surface area contributed by atoms with Gasteiger partial charge in [-0.3, -0.25) is 9.59 Å². The Morgan fingerprint density at radius 1 is 1.57 bits per heavy atom. The molecule has 2 heterocycles. The van der Waals surface area contributed by atoms with Gasteiger partial charge < -0.3 is 9.88 Å². The fraction of sp³-hybridized carbons (Fsp3) is 0.462. The lowest BCUT2D eigenvalue weighted by Gasteiger charge is -2.21. The SMILES string of the molecule is CN(Cc1nc2ccsc2c(=O)[nH]1)C(=O)[C@]1(C)CC1(Cl)Cl. The van der Waals surface area contributed by atoms with E-state index < -0.39 is 9.75 Å². The third-order valence-electron chi connectivity index (χ3n) is 3.83. The number of carbonyl (C=O) groups is 1. The Hall–Kier alpha value is -1.11. The number of nitrogens with zero attached hydrogens (tertiary/aromatic N) is 2. The number of carbonyl (C=O) groups excluding carboxylic acids is 1. The van der Waals surface area contributed by atoms with E-state index in [1.54, 1.807) is 20.0 Å². The highest BCUT2D eigenvalue weighted by Crippen LogP contribution is 2.64. The van der Waals surface area contributed by atoms with Crippen molar-refractivity contribution in [2.45, 2.75) is 24.2 Å². The van der Waals surface area contributed by atoms with Crippen molar-refractivity contribution in [1.82, 2.24) is 14.9 Å². The standard InChI is InChI=1S/C13H13Cl2N3O2S/c1-12(6-13(12,14)15)11(20)18(2)5-8-16-7-3-4-21-9(7)10(19)17-8/h3-4H,5-6H2,1-2H3,(H,16,17,19)/t12-/m0/s1. The number of H-pyrrole nitrogens is 1. The summed E-state index contributed by atoms with van der Waals surface area (Å²) in [4.78, 5) is 32.8. The van der Waals surface area contributed by atoms with Gasteiger partial charge in [0.15, 0.2) is 0 Å². The molecule has 8 heteroatoms. The predicted molar refractivity (Wildman–Crippen MR) is 83.9 cm³/mol. The molecule has 0 radical (unpaired) electrons. The number of halogens is 2. The molecule has 21 heavy (non-hydrogen) atoms. The van der Waals surface area contributed by atoms with Gasteiger partial charge in [0.05, 0.1) is 17.5 Å². The van der Waals surface area contributed by atoms with Gasteiger partial charge in [0.25, 0.3) is 5.56 Å². The first-order valence-corrected chi connectivity index (χ1v) is 7.98. The lowest BCUT2D eigenvalue weighted by molar-refractivity contribution is -0.135. The van der Waals surface area contributed by atoms with Crippen molar-refractivity contribution in [3.05, 3.63) is 27.6 Å². The maximum atomic E-state index is 12.4.